The maximum absolute atomic E-state index is 11.9. The first-order chi connectivity index (χ1) is 11.2. The van der Waals surface area contributed by atoms with Crippen LogP contribution in [-0.4, -0.2) is 20.6 Å². The Morgan fingerprint density at radius 3 is 2.21 bits per heavy atom. The number of amides is 1. The van der Waals surface area contributed by atoms with Crippen LogP contribution in [0.5, 0.6) is 0 Å². The Morgan fingerprint density at radius 1 is 1.00 bits per heavy atom. The van der Waals surface area contributed by atoms with Crippen molar-refractivity contribution in [3.63, 3.8) is 0 Å². The summed E-state index contributed by atoms with van der Waals surface area (Å²) in [6.45, 7) is 0. The summed E-state index contributed by atoms with van der Waals surface area (Å²) in [6, 6.07) is 11.4. The number of anilines is 2. The lowest BCUT2D eigenvalue weighted by molar-refractivity contribution is -0.111. The van der Waals surface area contributed by atoms with E-state index in [4.69, 9.17) is 23.2 Å². The molecule has 0 heterocycles. The minimum absolute atomic E-state index is 0.327. The molecule has 0 spiro atoms. The van der Waals surface area contributed by atoms with Gasteiger partial charge >= 0.3 is 0 Å². The Bertz CT molecular complexity index is 879. The summed E-state index contributed by atoms with van der Waals surface area (Å²) in [4.78, 5) is 11.9. The molecule has 0 radical (unpaired) electrons. The van der Waals surface area contributed by atoms with Gasteiger partial charge in [-0.25, -0.2) is 8.42 Å². The molecule has 0 aliphatic carbocycles. The van der Waals surface area contributed by atoms with Gasteiger partial charge in [-0.1, -0.05) is 35.3 Å². The molecule has 5 nitrogen and oxygen atoms in total. The average molecular weight is 385 g/mol. The van der Waals surface area contributed by atoms with E-state index in [2.05, 4.69) is 10.0 Å². The van der Waals surface area contributed by atoms with Gasteiger partial charge in [0.15, 0.2) is 0 Å². The van der Waals surface area contributed by atoms with Crippen molar-refractivity contribution in [3.05, 3.63) is 64.1 Å². The molecule has 0 atom stereocenters. The molecule has 0 aromatic heterocycles. The second kappa shape index (κ2) is 7.70. The van der Waals surface area contributed by atoms with Crippen LogP contribution in [0.2, 0.25) is 10.0 Å². The monoisotopic (exact) mass is 384 g/mol. The quantitative estimate of drug-likeness (QED) is 0.764. The van der Waals surface area contributed by atoms with Crippen LogP contribution >= 0.6 is 23.2 Å². The van der Waals surface area contributed by atoms with Crippen molar-refractivity contribution in [1.82, 2.24) is 0 Å². The summed E-state index contributed by atoms with van der Waals surface area (Å²) in [5, 5.41) is 3.43. The average Bonchev–Trinajstić information content (AvgIpc) is 2.49. The number of sulfonamides is 1. The van der Waals surface area contributed by atoms with Crippen LogP contribution in [0, 0.1) is 0 Å². The van der Waals surface area contributed by atoms with Crippen molar-refractivity contribution in [2.24, 2.45) is 0 Å². The van der Waals surface area contributed by atoms with E-state index in [-0.39, 0.29) is 5.91 Å². The van der Waals surface area contributed by atoms with Gasteiger partial charge in [0.25, 0.3) is 0 Å². The highest BCUT2D eigenvalue weighted by molar-refractivity contribution is 7.92. The summed E-state index contributed by atoms with van der Waals surface area (Å²) in [5.74, 6) is -0.327. The third kappa shape index (κ3) is 5.88. The predicted molar refractivity (Wildman–Crippen MR) is 99.0 cm³/mol. The van der Waals surface area contributed by atoms with Gasteiger partial charge in [-0.15, -0.1) is 0 Å². The van der Waals surface area contributed by atoms with Crippen LogP contribution in [0.25, 0.3) is 6.08 Å². The molecule has 0 aliphatic heterocycles. The van der Waals surface area contributed by atoms with Crippen LogP contribution < -0.4 is 10.0 Å². The van der Waals surface area contributed by atoms with Crippen molar-refractivity contribution in [2.45, 2.75) is 0 Å². The lowest BCUT2D eigenvalue weighted by Crippen LogP contribution is -2.09. The molecule has 8 heteroatoms. The molecule has 2 N–H and O–H groups in total. The molecule has 24 heavy (non-hydrogen) atoms. The molecule has 2 rings (SSSR count). The summed E-state index contributed by atoms with van der Waals surface area (Å²) in [5.41, 5.74) is 1.74. The van der Waals surface area contributed by atoms with E-state index < -0.39 is 10.0 Å². The van der Waals surface area contributed by atoms with Crippen LogP contribution in [0.1, 0.15) is 5.56 Å². The predicted octanol–water partition coefficient (Wildman–Crippen LogP) is 4.02. The third-order valence-electron chi connectivity index (χ3n) is 2.83. The van der Waals surface area contributed by atoms with Gasteiger partial charge in [0, 0.05) is 17.5 Å². The first kappa shape index (κ1) is 18.3. The molecule has 0 aliphatic rings. The van der Waals surface area contributed by atoms with Crippen molar-refractivity contribution in [2.75, 3.05) is 16.3 Å². The van der Waals surface area contributed by atoms with Crippen molar-refractivity contribution in [1.29, 1.82) is 0 Å². The van der Waals surface area contributed by atoms with E-state index in [9.17, 15) is 13.2 Å². The second-order valence-corrected chi connectivity index (χ2v) is 7.51. The summed E-state index contributed by atoms with van der Waals surface area (Å²) in [6.07, 6.45) is 4.05. The van der Waals surface area contributed by atoms with Gasteiger partial charge in [-0.3, -0.25) is 9.52 Å². The highest BCUT2D eigenvalue weighted by Gasteiger charge is 2.03. The van der Waals surface area contributed by atoms with Crippen molar-refractivity contribution >= 4 is 56.6 Å². The van der Waals surface area contributed by atoms with E-state index in [1.807, 2.05) is 0 Å². The Kier molecular flexibility index (Phi) is 5.88. The molecule has 0 unspecified atom stereocenters. The van der Waals surface area contributed by atoms with E-state index >= 15 is 0 Å². The van der Waals surface area contributed by atoms with Gasteiger partial charge in [0.05, 0.1) is 16.3 Å². The fraction of sp³-hybridized carbons (Fsp3) is 0.0625. The Hall–Kier alpha value is -2.02. The number of benzene rings is 2. The molecule has 0 fully saturated rings. The third-order valence-corrected chi connectivity index (χ3v) is 4.17. The van der Waals surface area contributed by atoms with E-state index in [0.29, 0.717) is 21.4 Å². The number of hydrogen-bond donors (Lipinski definition) is 2. The first-order valence-electron chi connectivity index (χ1n) is 6.75. The molecule has 0 bridgehead atoms. The van der Waals surface area contributed by atoms with Crippen LogP contribution in [-0.2, 0) is 14.8 Å². The lowest BCUT2D eigenvalue weighted by Gasteiger charge is -2.04. The molecular formula is C16H14Cl2N2O3S. The van der Waals surface area contributed by atoms with Crippen LogP contribution in [0.3, 0.4) is 0 Å². The summed E-state index contributed by atoms with van der Waals surface area (Å²) >= 11 is 11.7. The summed E-state index contributed by atoms with van der Waals surface area (Å²) < 4.78 is 24.6. The zero-order valence-electron chi connectivity index (χ0n) is 12.6. The highest BCUT2D eigenvalue weighted by atomic mass is 35.5. The SMILES string of the molecule is CS(=O)(=O)Nc1ccc(C=CC(=O)Nc2ccc(Cl)c(Cl)c2)cc1. The Labute approximate surface area is 150 Å². The maximum Gasteiger partial charge on any atom is 0.248 e. The molecular weight excluding hydrogens is 371 g/mol. The fourth-order valence-corrected chi connectivity index (χ4v) is 2.67. The van der Waals surface area contributed by atoms with Crippen LogP contribution in [0.15, 0.2) is 48.5 Å². The van der Waals surface area contributed by atoms with Gasteiger partial charge in [-0.05, 0) is 42.0 Å². The molecule has 0 saturated heterocycles. The zero-order chi connectivity index (χ0) is 17.7. The topological polar surface area (TPSA) is 75.3 Å². The van der Waals surface area contributed by atoms with E-state index in [1.54, 1.807) is 48.5 Å². The minimum Gasteiger partial charge on any atom is -0.322 e. The summed E-state index contributed by atoms with van der Waals surface area (Å²) in [7, 11) is -3.31. The highest BCUT2D eigenvalue weighted by Crippen LogP contribution is 2.25. The zero-order valence-corrected chi connectivity index (χ0v) is 14.9. The van der Waals surface area contributed by atoms with Crippen molar-refractivity contribution < 1.29 is 13.2 Å². The Balaban J connectivity index is 1.99. The number of carbonyl (C=O) groups excluding carboxylic acids is 1. The number of halogens is 2. The first-order valence-corrected chi connectivity index (χ1v) is 9.40. The van der Waals surface area contributed by atoms with Crippen LogP contribution in [0.4, 0.5) is 11.4 Å². The number of hydrogen-bond acceptors (Lipinski definition) is 3. The number of nitrogens with one attached hydrogen (secondary N) is 2. The van der Waals surface area contributed by atoms with E-state index in [1.165, 1.54) is 6.08 Å². The molecule has 0 saturated carbocycles. The van der Waals surface area contributed by atoms with Crippen molar-refractivity contribution in [3.8, 4) is 0 Å². The number of carbonyl (C=O) groups is 1. The molecule has 126 valence electrons. The van der Waals surface area contributed by atoms with Gasteiger partial charge in [-0.2, -0.15) is 0 Å². The smallest absolute Gasteiger partial charge is 0.248 e. The minimum atomic E-state index is -3.31. The molecule has 1 amide bonds. The number of rotatable bonds is 5. The fourth-order valence-electron chi connectivity index (χ4n) is 1.81. The lowest BCUT2D eigenvalue weighted by atomic mass is 10.2. The van der Waals surface area contributed by atoms with Gasteiger partial charge in [0.1, 0.15) is 0 Å². The Morgan fingerprint density at radius 2 is 1.62 bits per heavy atom. The van der Waals surface area contributed by atoms with E-state index in [0.717, 1.165) is 11.8 Å². The van der Waals surface area contributed by atoms with Gasteiger partial charge < -0.3 is 5.32 Å². The standard InChI is InChI=1S/C16H14Cl2N2O3S/c1-24(22,23)20-12-5-2-11(3-6-12)4-9-16(21)19-13-7-8-14(17)15(18)10-13/h2-10,20H,1H3,(H,19,21). The normalized spacial score (nSPS) is 11.5. The largest absolute Gasteiger partial charge is 0.322 e. The molecule has 2 aromatic rings. The van der Waals surface area contributed by atoms with Gasteiger partial charge in [0.2, 0.25) is 15.9 Å². The molecule has 2 aromatic carbocycles. The maximum atomic E-state index is 11.9. The second-order valence-electron chi connectivity index (χ2n) is 4.95.